The minimum Gasteiger partial charge on any atom is -0.493 e. The Morgan fingerprint density at radius 3 is 2.26 bits per heavy atom. The average molecular weight is 863 g/mol. The number of benzene rings is 2. The Labute approximate surface area is 361 Å². The number of hydrogen-bond donors (Lipinski definition) is 3. The Hall–Kier alpha value is -6.49. The number of carbonyl (C=O) groups is 7. The molecule has 0 aliphatic rings. The molecule has 3 atom stereocenters. The first-order valence-corrected chi connectivity index (χ1v) is 20.5. The molecule has 0 spiro atoms. The van der Waals surface area contributed by atoms with Gasteiger partial charge < -0.3 is 39.3 Å². The van der Waals surface area contributed by atoms with Crippen molar-refractivity contribution in [3.8, 4) is 17.1 Å². The lowest BCUT2D eigenvalue weighted by Crippen LogP contribution is -2.48. The van der Waals surface area contributed by atoms with Crippen molar-refractivity contribution in [2.75, 3.05) is 26.7 Å². The molecule has 3 aromatic rings. The van der Waals surface area contributed by atoms with Crippen LogP contribution in [-0.4, -0.2) is 85.9 Å². The number of nitrogens with zero attached hydrogens (tertiary/aromatic N) is 1. The molecule has 0 fully saturated rings. The maximum absolute atomic E-state index is 13.7. The van der Waals surface area contributed by atoms with E-state index in [0.29, 0.717) is 36.0 Å². The van der Waals surface area contributed by atoms with Crippen molar-refractivity contribution < 1.29 is 61.8 Å². The van der Waals surface area contributed by atoms with E-state index in [0.717, 1.165) is 17.9 Å². The van der Waals surface area contributed by atoms with Gasteiger partial charge in [0.25, 0.3) is 11.8 Å². The number of furan rings is 1. The number of unbranched alkanes of at least 4 members (excludes halogenated alkanes) is 1. The molecule has 17 nitrogen and oxygen atoms in total. The fourth-order valence-electron chi connectivity index (χ4n) is 5.94. The average Bonchev–Trinajstić information content (AvgIpc) is 3.76. The molecule has 0 bridgehead atoms. The van der Waals surface area contributed by atoms with Crippen LogP contribution in [0.1, 0.15) is 100 Å². The predicted molar refractivity (Wildman–Crippen MR) is 226 cm³/mol. The van der Waals surface area contributed by atoms with Crippen molar-refractivity contribution in [1.29, 1.82) is 0 Å². The van der Waals surface area contributed by atoms with Gasteiger partial charge in [0, 0.05) is 5.56 Å². The van der Waals surface area contributed by atoms with Crippen molar-refractivity contribution in [2.45, 2.75) is 92.3 Å². The van der Waals surface area contributed by atoms with Gasteiger partial charge >= 0.3 is 17.9 Å². The second-order valence-electron chi connectivity index (χ2n) is 14.5. The fraction of sp³-hybridized carbons (Fsp3) is 0.444. The van der Waals surface area contributed by atoms with Gasteiger partial charge in [-0.1, -0.05) is 89.1 Å². The van der Waals surface area contributed by atoms with Crippen LogP contribution in [0.2, 0.25) is 0 Å². The molecule has 4 amide bonds. The van der Waals surface area contributed by atoms with E-state index in [2.05, 4.69) is 22.5 Å². The van der Waals surface area contributed by atoms with E-state index in [1.165, 1.54) is 24.3 Å². The highest BCUT2D eigenvalue weighted by Gasteiger charge is 2.32. The summed E-state index contributed by atoms with van der Waals surface area (Å²) in [5.41, 5.74) is 1.86. The van der Waals surface area contributed by atoms with Gasteiger partial charge in [0.1, 0.15) is 24.2 Å². The van der Waals surface area contributed by atoms with Crippen LogP contribution >= 0.6 is 0 Å². The highest BCUT2D eigenvalue weighted by Crippen LogP contribution is 2.29. The Morgan fingerprint density at radius 1 is 0.887 bits per heavy atom. The highest BCUT2D eigenvalue weighted by molar-refractivity contribution is 6.00. The fourth-order valence-corrected chi connectivity index (χ4v) is 5.94. The molecule has 0 radical (unpaired) electrons. The third kappa shape index (κ3) is 15.8. The molecule has 0 saturated carbocycles. The maximum atomic E-state index is 13.7. The molecule has 0 aliphatic heterocycles. The molecule has 336 valence electrons. The van der Waals surface area contributed by atoms with E-state index in [-0.39, 0.29) is 55.2 Å². The number of rotatable bonds is 27. The summed E-state index contributed by atoms with van der Waals surface area (Å²) in [6.07, 6.45) is 2.48. The molecule has 17 heteroatoms. The maximum Gasteiger partial charge on any atom is 0.332 e. The van der Waals surface area contributed by atoms with Crippen LogP contribution in [0.3, 0.4) is 0 Å². The number of nitrogens with one attached hydrogen (secondary N) is 3. The molecule has 0 aliphatic carbocycles. The zero-order valence-corrected chi connectivity index (χ0v) is 36.2. The Bertz CT molecular complexity index is 1980. The van der Waals surface area contributed by atoms with E-state index in [9.17, 15) is 33.6 Å². The molecule has 3 rings (SSSR count). The summed E-state index contributed by atoms with van der Waals surface area (Å²) in [6, 6.07) is 14.2. The van der Waals surface area contributed by atoms with E-state index in [4.69, 9.17) is 28.2 Å². The quantitative estimate of drug-likeness (QED) is 0.0279. The Kier molecular flexibility index (Phi) is 20.9. The van der Waals surface area contributed by atoms with Gasteiger partial charge in [0.2, 0.25) is 19.1 Å². The van der Waals surface area contributed by atoms with E-state index >= 15 is 0 Å². The van der Waals surface area contributed by atoms with Crippen LogP contribution in [0.4, 0.5) is 0 Å². The van der Waals surface area contributed by atoms with Crippen molar-refractivity contribution in [3.05, 3.63) is 89.7 Å². The lowest BCUT2D eigenvalue weighted by atomic mass is 9.91. The highest BCUT2D eigenvalue weighted by atomic mass is 16.7. The van der Waals surface area contributed by atoms with E-state index in [1.54, 1.807) is 64.1 Å². The van der Waals surface area contributed by atoms with Crippen molar-refractivity contribution in [1.82, 2.24) is 21.0 Å². The largest absolute Gasteiger partial charge is 0.493 e. The molecular weight excluding hydrogens is 805 g/mol. The van der Waals surface area contributed by atoms with Gasteiger partial charge in [-0.2, -0.15) is 0 Å². The number of hydrogen-bond acceptors (Lipinski definition) is 13. The van der Waals surface area contributed by atoms with E-state index in [1.807, 2.05) is 13.8 Å². The lowest BCUT2D eigenvalue weighted by Gasteiger charge is -2.32. The number of hydroxylamine groups is 2. The SMILES string of the molecule is C=C(C)CON(C=O)[C@H](CC)[C@@H](CCCC)C(=O)NCNC(=O)c1ccc(-c2ccc(C(=O)N[C@@H](CC(=O)OCc3ccccc3)C(=O)OCOC(=O)C(C)C)c(OCC)c2)o1. The van der Waals surface area contributed by atoms with Gasteiger partial charge in [-0.15, -0.1) is 0 Å². The lowest BCUT2D eigenvalue weighted by molar-refractivity contribution is -0.190. The topological polar surface area (TPSA) is 218 Å². The zero-order valence-electron chi connectivity index (χ0n) is 36.2. The second kappa shape index (κ2) is 26.0. The van der Waals surface area contributed by atoms with Gasteiger partial charge in [0.05, 0.1) is 49.7 Å². The van der Waals surface area contributed by atoms with Crippen molar-refractivity contribution in [3.63, 3.8) is 0 Å². The number of ether oxygens (including phenoxy) is 4. The second-order valence-corrected chi connectivity index (χ2v) is 14.5. The molecule has 2 aromatic carbocycles. The number of carbonyl (C=O) groups excluding carboxylic acids is 7. The monoisotopic (exact) mass is 862 g/mol. The van der Waals surface area contributed by atoms with Crippen LogP contribution in [0.25, 0.3) is 11.3 Å². The first-order valence-electron chi connectivity index (χ1n) is 20.5. The first kappa shape index (κ1) is 49.9. The van der Waals surface area contributed by atoms with E-state index < -0.39 is 66.9 Å². The van der Waals surface area contributed by atoms with Crippen LogP contribution in [0.15, 0.2) is 77.2 Å². The standard InChI is InChI=1S/C45H58N4O13/c1-8-11-17-33(36(9-2)49(27-50)61-24-29(4)5)41(52)46-26-47-43(54)38-21-20-37(62-38)32-18-19-34(39(22-32)57-10-3)42(53)48-35(45(56)60-28-59-44(55)30(6)7)23-40(51)58-25-31-15-13-12-14-16-31/h12-16,18-22,27,30,33,35-36H,4,8-11,17,23-26,28H2,1-3,5-7H3,(H,46,52)(H,47,54)(H,48,53)/t33-,35+,36-/m1/s1. The first-order chi connectivity index (χ1) is 29.7. The smallest absolute Gasteiger partial charge is 0.332 e. The minimum atomic E-state index is -1.53. The molecule has 0 saturated heterocycles. The van der Waals surface area contributed by atoms with Crippen LogP contribution in [0, 0.1) is 11.8 Å². The Morgan fingerprint density at radius 2 is 1.61 bits per heavy atom. The predicted octanol–water partition coefficient (Wildman–Crippen LogP) is 5.63. The normalized spacial score (nSPS) is 12.2. The molecular formula is C45H58N4O13. The molecule has 1 aromatic heterocycles. The molecule has 62 heavy (non-hydrogen) atoms. The summed E-state index contributed by atoms with van der Waals surface area (Å²) in [7, 11) is 0. The summed E-state index contributed by atoms with van der Waals surface area (Å²) < 4.78 is 26.9. The summed E-state index contributed by atoms with van der Waals surface area (Å²) in [6.45, 7) is 13.6. The molecule has 1 heterocycles. The van der Waals surface area contributed by atoms with Gasteiger partial charge in [-0.25, -0.2) is 9.86 Å². The van der Waals surface area contributed by atoms with Crippen LogP contribution in [-0.2, 0) is 49.6 Å². The third-order valence-electron chi connectivity index (χ3n) is 9.21. The zero-order chi connectivity index (χ0) is 45.6. The minimum absolute atomic E-state index is 0.00116. The van der Waals surface area contributed by atoms with Crippen molar-refractivity contribution >= 4 is 42.0 Å². The molecule has 3 N–H and O–H groups in total. The summed E-state index contributed by atoms with van der Waals surface area (Å²) in [5, 5.41) is 9.01. The van der Waals surface area contributed by atoms with Gasteiger partial charge in [0.15, 0.2) is 5.76 Å². The molecule has 0 unspecified atom stereocenters. The van der Waals surface area contributed by atoms with Crippen LogP contribution < -0.4 is 20.7 Å². The Balaban J connectivity index is 1.72. The third-order valence-corrected chi connectivity index (χ3v) is 9.21. The number of esters is 3. The van der Waals surface area contributed by atoms with Gasteiger partial charge in [-0.05, 0) is 56.5 Å². The van der Waals surface area contributed by atoms with Crippen LogP contribution in [0.5, 0.6) is 5.75 Å². The van der Waals surface area contributed by atoms with Gasteiger partial charge in [-0.3, -0.25) is 33.6 Å². The summed E-state index contributed by atoms with van der Waals surface area (Å²) >= 11 is 0. The summed E-state index contributed by atoms with van der Waals surface area (Å²) in [5.74, 6) is -5.03. The summed E-state index contributed by atoms with van der Waals surface area (Å²) in [4.78, 5) is 95.4. The number of amides is 4. The van der Waals surface area contributed by atoms with Crippen molar-refractivity contribution in [2.24, 2.45) is 11.8 Å².